The molecule has 1 heterocycles. The van der Waals surface area contributed by atoms with Crippen molar-refractivity contribution in [2.45, 2.75) is 26.2 Å². The standard InChI is InChI=1S/C13H21N3O5/c1-3-9(12(19)20)7-14-10(17)5-4-6-16-11(18)8-15(2)13(16)21/h9H,3-8H2,1-2H3,(H,14,17)(H,19,20). The molecule has 0 saturated carbocycles. The molecular formula is C13H21N3O5. The van der Waals surface area contributed by atoms with Crippen molar-refractivity contribution >= 4 is 23.8 Å². The van der Waals surface area contributed by atoms with Gasteiger partial charge in [-0.1, -0.05) is 6.92 Å². The van der Waals surface area contributed by atoms with Crippen LogP contribution >= 0.6 is 0 Å². The zero-order chi connectivity index (χ0) is 16.0. The van der Waals surface area contributed by atoms with Crippen molar-refractivity contribution in [2.24, 2.45) is 5.92 Å². The van der Waals surface area contributed by atoms with Gasteiger partial charge in [0.05, 0.1) is 5.92 Å². The number of likely N-dealkylation sites (N-methyl/N-ethyl adjacent to an activating group) is 1. The summed E-state index contributed by atoms with van der Waals surface area (Å²) in [4.78, 5) is 47.9. The number of imide groups is 1. The van der Waals surface area contributed by atoms with Crippen molar-refractivity contribution in [3.05, 3.63) is 0 Å². The van der Waals surface area contributed by atoms with E-state index in [1.165, 1.54) is 4.90 Å². The molecule has 2 N–H and O–H groups in total. The fourth-order valence-corrected chi connectivity index (χ4v) is 2.02. The number of carboxylic acids is 1. The molecule has 118 valence electrons. The normalized spacial score (nSPS) is 16.3. The van der Waals surface area contributed by atoms with Gasteiger partial charge in [0.1, 0.15) is 6.54 Å². The predicted molar refractivity (Wildman–Crippen MR) is 73.4 cm³/mol. The first-order valence-corrected chi connectivity index (χ1v) is 6.91. The lowest BCUT2D eigenvalue weighted by Gasteiger charge is -2.14. The predicted octanol–water partition coefficient (Wildman–Crippen LogP) is -0.112. The molecule has 0 aromatic rings. The van der Waals surface area contributed by atoms with Gasteiger partial charge in [0.15, 0.2) is 0 Å². The van der Waals surface area contributed by atoms with Crippen LogP contribution in [0.15, 0.2) is 0 Å². The van der Waals surface area contributed by atoms with Crippen molar-refractivity contribution in [1.29, 1.82) is 0 Å². The molecule has 1 unspecified atom stereocenters. The highest BCUT2D eigenvalue weighted by atomic mass is 16.4. The summed E-state index contributed by atoms with van der Waals surface area (Å²) >= 11 is 0. The number of hydrogen-bond acceptors (Lipinski definition) is 4. The average Bonchev–Trinajstić information content (AvgIpc) is 2.65. The van der Waals surface area contributed by atoms with Gasteiger partial charge in [-0.25, -0.2) is 4.79 Å². The molecule has 1 atom stereocenters. The minimum Gasteiger partial charge on any atom is -0.481 e. The molecule has 4 amide bonds. The van der Waals surface area contributed by atoms with Crippen LogP contribution in [0.5, 0.6) is 0 Å². The SMILES string of the molecule is CCC(CNC(=O)CCCN1C(=O)CN(C)C1=O)C(=O)O. The Morgan fingerprint density at radius 3 is 2.52 bits per heavy atom. The maximum atomic E-state index is 11.6. The van der Waals surface area contributed by atoms with Crippen molar-refractivity contribution in [3.63, 3.8) is 0 Å². The summed E-state index contributed by atoms with van der Waals surface area (Å²) in [6.07, 6.45) is 0.955. The summed E-state index contributed by atoms with van der Waals surface area (Å²) in [5.74, 6) is -2.07. The second-order valence-electron chi connectivity index (χ2n) is 5.04. The van der Waals surface area contributed by atoms with E-state index in [2.05, 4.69) is 5.32 Å². The average molecular weight is 299 g/mol. The monoisotopic (exact) mass is 299 g/mol. The number of nitrogens with zero attached hydrogens (tertiary/aromatic N) is 2. The molecule has 0 spiro atoms. The molecule has 1 fully saturated rings. The third kappa shape index (κ3) is 4.73. The molecule has 21 heavy (non-hydrogen) atoms. The molecule has 0 aliphatic carbocycles. The maximum Gasteiger partial charge on any atom is 0.326 e. The van der Waals surface area contributed by atoms with E-state index in [1.54, 1.807) is 14.0 Å². The topological polar surface area (TPSA) is 107 Å². The molecule has 0 radical (unpaired) electrons. The highest BCUT2D eigenvalue weighted by Gasteiger charge is 2.32. The van der Waals surface area contributed by atoms with E-state index in [4.69, 9.17) is 5.11 Å². The van der Waals surface area contributed by atoms with Crippen LogP contribution in [0.4, 0.5) is 4.79 Å². The summed E-state index contributed by atoms with van der Waals surface area (Å²) < 4.78 is 0. The Morgan fingerprint density at radius 2 is 2.05 bits per heavy atom. The van der Waals surface area contributed by atoms with E-state index in [0.717, 1.165) is 4.90 Å². The Kier molecular flexibility index (Phi) is 6.13. The van der Waals surface area contributed by atoms with Crippen LogP contribution in [-0.2, 0) is 14.4 Å². The second-order valence-corrected chi connectivity index (χ2v) is 5.04. The first-order valence-electron chi connectivity index (χ1n) is 6.91. The Hall–Kier alpha value is -2.12. The molecule has 8 nitrogen and oxygen atoms in total. The Labute approximate surface area is 123 Å². The van der Waals surface area contributed by atoms with E-state index in [9.17, 15) is 19.2 Å². The molecule has 0 aromatic carbocycles. The first-order chi connectivity index (χ1) is 9.86. The number of rotatable bonds is 8. The van der Waals surface area contributed by atoms with Crippen molar-refractivity contribution in [1.82, 2.24) is 15.1 Å². The van der Waals surface area contributed by atoms with Crippen LogP contribution in [0, 0.1) is 5.92 Å². The lowest BCUT2D eigenvalue weighted by Crippen LogP contribution is -2.35. The van der Waals surface area contributed by atoms with E-state index < -0.39 is 11.9 Å². The van der Waals surface area contributed by atoms with Crippen LogP contribution < -0.4 is 5.32 Å². The van der Waals surface area contributed by atoms with Gasteiger partial charge in [0.2, 0.25) is 11.8 Å². The number of amides is 4. The Morgan fingerprint density at radius 1 is 1.38 bits per heavy atom. The minimum absolute atomic E-state index is 0.0713. The number of carbonyl (C=O) groups is 4. The molecule has 1 saturated heterocycles. The van der Waals surface area contributed by atoms with Gasteiger partial charge in [-0.05, 0) is 12.8 Å². The number of carbonyl (C=O) groups excluding carboxylic acids is 3. The van der Waals surface area contributed by atoms with E-state index in [0.29, 0.717) is 12.8 Å². The number of carboxylic acid groups (broad SMARTS) is 1. The molecule has 1 aliphatic heterocycles. The summed E-state index contributed by atoms with van der Waals surface area (Å²) in [7, 11) is 1.55. The van der Waals surface area contributed by atoms with E-state index >= 15 is 0 Å². The number of hydrogen-bond donors (Lipinski definition) is 2. The maximum absolute atomic E-state index is 11.6. The first kappa shape index (κ1) is 16.9. The zero-order valence-corrected chi connectivity index (χ0v) is 12.3. The van der Waals surface area contributed by atoms with E-state index in [-0.39, 0.29) is 43.9 Å². The molecule has 0 aromatic heterocycles. The molecular weight excluding hydrogens is 278 g/mol. The van der Waals surface area contributed by atoms with Crippen LogP contribution in [0.2, 0.25) is 0 Å². The lowest BCUT2D eigenvalue weighted by molar-refractivity contribution is -0.141. The molecule has 0 bridgehead atoms. The van der Waals surface area contributed by atoms with Gasteiger partial charge in [0, 0.05) is 26.6 Å². The van der Waals surface area contributed by atoms with Crippen LogP contribution in [0.25, 0.3) is 0 Å². The molecule has 1 rings (SSSR count). The Bertz CT molecular complexity index is 438. The van der Waals surface area contributed by atoms with Crippen LogP contribution in [0.1, 0.15) is 26.2 Å². The molecule has 1 aliphatic rings. The fraction of sp³-hybridized carbons (Fsp3) is 0.692. The smallest absolute Gasteiger partial charge is 0.326 e. The summed E-state index contributed by atoms with van der Waals surface area (Å²) in [6, 6.07) is -0.350. The van der Waals surface area contributed by atoms with Gasteiger partial charge in [0.25, 0.3) is 0 Å². The highest BCUT2D eigenvalue weighted by molar-refractivity contribution is 6.01. The fourth-order valence-electron chi connectivity index (χ4n) is 2.02. The van der Waals surface area contributed by atoms with Crippen molar-refractivity contribution in [2.75, 3.05) is 26.7 Å². The summed E-state index contributed by atoms with van der Waals surface area (Å²) in [6.45, 7) is 2.11. The number of urea groups is 1. The van der Waals surface area contributed by atoms with Gasteiger partial charge in [-0.15, -0.1) is 0 Å². The lowest BCUT2D eigenvalue weighted by atomic mass is 10.1. The second kappa shape index (κ2) is 7.61. The van der Waals surface area contributed by atoms with Gasteiger partial charge < -0.3 is 15.3 Å². The summed E-state index contributed by atoms with van der Waals surface area (Å²) in [5, 5.41) is 11.4. The van der Waals surface area contributed by atoms with Gasteiger partial charge in [-0.3, -0.25) is 19.3 Å². The quantitative estimate of drug-likeness (QED) is 0.608. The number of nitrogens with one attached hydrogen (secondary N) is 1. The van der Waals surface area contributed by atoms with E-state index in [1.807, 2.05) is 0 Å². The third-order valence-corrected chi connectivity index (χ3v) is 3.40. The van der Waals surface area contributed by atoms with Crippen LogP contribution in [-0.4, -0.2) is 65.4 Å². The summed E-state index contributed by atoms with van der Waals surface area (Å²) in [5.41, 5.74) is 0. The van der Waals surface area contributed by atoms with Gasteiger partial charge in [-0.2, -0.15) is 0 Å². The van der Waals surface area contributed by atoms with Crippen molar-refractivity contribution < 1.29 is 24.3 Å². The largest absolute Gasteiger partial charge is 0.481 e. The van der Waals surface area contributed by atoms with Crippen molar-refractivity contribution in [3.8, 4) is 0 Å². The zero-order valence-electron chi connectivity index (χ0n) is 12.3. The third-order valence-electron chi connectivity index (χ3n) is 3.40. The molecule has 8 heteroatoms. The highest BCUT2D eigenvalue weighted by Crippen LogP contribution is 2.09. The van der Waals surface area contributed by atoms with Gasteiger partial charge >= 0.3 is 12.0 Å². The number of aliphatic carboxylic acids is 1. The Balaban J connectivity index is 2.26. The minimum atomic E-state index is -0.936. The van der Waals surface area contributed by atoms with Crippen LogP contribution in [0.3, 0.4) is 0 Å².